The lowest BCUT2D eigenvalue weighted by molar-refractivity contribution is 0.418. The number of benzene rings is 2. The van der Waals surface area contributed by atoms with E-state index in [0.29, 0.717) is 10.2 Å². The van der Waals surface area contributed by atoms with Crippen molar-refractivity contribution in [1.29, 1.82) is 0 Å². The third kappa shape index (κ3) is 2.74. The molecule has 0 bridgehead atoms. The molecule has 21 heavy (non-hydrogen) atoms. The average molecular weight is 350 g/mol. The highest BCUT2D eigenvalue weighted by atomic mass is 79.9. The molecule has 0 radical (unpaired) electrons. The summed E-state index contributed by atoms with van der Waals surface area (Å²) in [5.74, 6) is -1.71. The van der Waals surface area contributed by atoms with Crippen LogP contribution in [0.25, 0.3) is 10.9 Å². The molecule has 2 aromatic carbocycles. The normalized spacial score (nSPS) is 10.9. The highest BCUT2D eigenvalue weighted by Crippen LogP contribution is 2.33. The van der Waals surface area contributed by atoms with Crippen LogP contribution in [0.3, 0.4) is 0 Å². The van der Waals surface area contributed by atoms with E-state index in [2.05, 4.69) is 20.9 Å². The predicted octanol–water partition coefficient (Wildman–Crippen LogP) is 5.38. The maximum absolute atomic E-state index is 13.8. The number of nitrogens with zero attached hydrogens (tertiary/aromatic N) is 1. The molecule has 2 nitrogen and oxygen atoms in total. The summed E-state index contributed by atoms with van der Waals surface area (Å²) in [4.78, 5) is 4.38. The van der Waals surface area contributed by atoms with Crippen LogP contribution < -0.4 is 4.74 Å². The van der Waals surface area contributed by atoms with Crippen molar-refractivity contribution in [2.45, 2.75) is 6.92 Å². The van der Waals surface area contributed by atoms with Crippen molar-refractivity contribution in [2.24, 2.45) is 0 Å². The van der Waals surface area contributed by atoms with Gasteiger partial charge in [-0.2, -0.15) is 4.39 Å². The van der Waals surface area contributed by atoms with Gasteiger partial charge in [-0.3, -0.25) is 4.98 Å². The number of rotatable bonds is 2. The maximum Gasteiger partial charge on any atom is 0.201 e. The van der Waals surface area contributed by atoms with Crippen LogP contribution in [0.1, 0.15) is 5.69 Å². The van der Waals surface area contributed by atoms with E-state index >= 15 is 0 Å². The Kier molecular flexibility index (Phi) is 3.59. The minimum Gasteiger partial charge on any atom is -0.453 e. The van der Waals surface area contributed by atoms with Gasteiger partial charge in [-0.25, -0.2) is 4.39 Å². The van der Waals surface area contributed by atoms with E-state index in [1.54, 1.807) is 6.07 Å². The second-order valence-corrected chi connectivity index (χ2v) is 5.50. The summed E-state index contributed by atoms with van der Waals surface area (Å²) in [6.45, 7) is 1.82. The van der Waals surface area contributed by atoms with E-state index in [-0.39, 0.29) is 5.75 Å². The maximum atomic E-state index is 13.8. The number of para-hydroxylation sites is 1. The van der Waals surface area contributed by atoms with Crippen molar-refractivity contribution < 1.29 is 13.5 Å². The van der Waals surface area contributed by atoms with Crippen LogP contribution in [0.5, 0.6) is 11.5 Å². The lowest BCUT2D eigenvalue weighted by atomic mass is 10.2. The third-order valence-corrected chi connectivity index (χ3v) is 3.44. The van der Waals surface area contributed by atoms with Gasteiger partial charge in [0.1, 0.15) is 5.75 Å². The van der Waals surface area contributed by atoms with Gasteiger partial charge >= 0.3 is 0 Å². The Morgan fingerprint density at radius 1 is 1.05 bits per heavy atom. The lowest BCUT2D eigenvalue weighted by Crippen LogP contribution is -1.95. The first-order chi connectivity index (χ1) is 10.0. The van der Waals surface area contributed by atoms with Crippen LogP contribution in [-0.2, 0) is 0 Å². The fourth-order valence-electron chi connectivity index (χ4n) is 2.08. The number of aromatic nitrogens is 1. The number of fused-ring (bicyclic) bond motifs is 1. The summed E-state index contributed by atoms with van der Waals surface area (Å²) in [6.07, 6.45) is 0. The molecule has 0 saturated heterocycles. The van der Waals surface area contributed by atoms with Crippen LogP contribution in [0.15, 0.2) is 46.9 Å². The molecule has 0 aliphatic rings. The minimum absolute atomic E-state index is 0.169. The molecule has 3 rings (SSSR count). The van der Waals surface area contributed by atoms with Crippen molar-refractivity contribution in [3.05, 3.63) is 64.3 Å². The fourth-order valence-corrected chi connectivity index (χ4v) is 2.49. The Bertz CT molecular complexity index is 836. The molecule has 0 saturated carbocycles. The first-order valence-electron chi connectivity index (χ1n) is 6.23. The SMILES string of the molecule is Cc1cc(Oc2cc(Br)cc(F)c2F)c2ccccc2n1. The Hall–Kier alpha value is -2.01. The predicted molar refractivity (Wildman–Crippen MR) is 80.6 cm³/mol. The Balaban J connectivity index is 2.14. The van der Waals surface area contributed by atoms with Gasteiger partial charge in [0.2, 0.25) is 5.82 Å². The van der Waals surface area contributed by atoms with Crippen molar-refractivity contribution in [2.75, 3.05) is 0 Å². The molecular weight excluding hydrogens is 340 g/mol. The molecule has 3 aromatic rings. The average Bonchev–Trinajstić information content (AvgIpc) is 2.44. The largest absolute Gasteiger partial charge is 0.453 e. The molecule has 5 heteroatoms. The third-order valence-electron chi connectivity index (χ3n) is 2.99. The van der Waals surface area contributed by atoms with Gasteiger partial charge in [0, 0.05) is 21.6 Å². The number of ether oxygens (including phenoxy) is 1. The van der Waals surface area contributed by atoms with E-state index in [1.807, 2.05) is 31.2 Å². The topological polar surface area (TPSA) is 22.1 Å². The minimum atomic E-state index is -1.02. The zero-order chi connectivity index (χ0) is 15.0. The Labute approximate surface area is 128 Å². The molecule has 1 aromatic heterocycles. The van der Waals surface area contributed by atoms with Crippen LogP contribution in [-0.4, -0.2) is 4.98 Å². The van der Waals surface area contributed by atoms with Gasteiger partial charge in [0.15, 0.2) is 11.6 Å². The number of pyridine rings is 1. The second-order valence-electron chi connectivity index (χ2n) is 4.58. The first-order valence-corrected chi connectivity index (χ1v) is 7.02. The summed E-state index contributed by atoms with van der Waals surface area (Å²) >= 11 is 3.13. The van der Waals surface area contributed by atoms with Crippen molar-refractivity contribution >= 4 is 26.8 Å². The van der Waals surface area contributed by atoms with E-state index in [0.717, 1.165) is 22.7 Å². The molecule has 0 aliphatic heterocycles. The highest BCUT2D eigenvalue weighted by Gasteiger charge is 2.14. The molecule has 0 N–H and O–H groups in total. The van der Waals surface area contributed by atoms with E-state index in [1.165, 1.54) is 6.07 Å². The van der Waals surface area contributed by atoms with Gasteiger partial charge in [-0.15, -0.1) is 0 Å². The summed E-state index contributed by atoms with van der Waals surface area (Å²) < 4.78 is 33.3. The molecule has 106 valence electrons. The van der Waals surface area contributed by atoms with E-state index in [9.17, 15) is 8.78 Å². The fraction of sp³-hybridized carbons (Fsp3) is 0.0625. The van der Waals surface area contributed by atoms with E-state index in [4.69, 9.17) is 4.74 Å². The van der Waals surface area contributed by atoms with E-state index < -0.39 is 11.6 Å². The number of halogens is 3. The Morgan fingerprint density at radius 3 is 2.62 bits per heavy atom. The summed E-state index contributed by atoms with van der Waals surface area (Å²) in [5.41, 5.74) is 1.47. The van der Waals surface area contributed by atoms with Crippen molar-refractivity contribution in [3.8, 4) is 11.5 Å². The molecule has 0 spiro atoms. The summed E-state index contributed by atoms with van der Waals surface area (Å²) in [5, 5.41) is 0.739. The lowest BCUT2D eigenvalue weighted by Gasteiger charge is -2.11. The Morgan fingerprint density at radius 2 is 1.81 bits per heavy atom. The zero-order valence-electron chi connectivity index (χ0n) is 11.0. The smallest absolute Gasteiger partial charge is 0.201 e. The van der Waals surface area contributed by atoms with Gasteiger partial charge < -0.3 is 4.74 Å². The van der Waals surface area contributed by atoms with Crippen molar-refractivity contribution in [3.63, 3.8) is 0 Å². The number of hydrogen-bond acceptors (Lipinski definition) is 2. The molecule has 1 heterocycles. The van der Waals surface area contributed by atoms with Crippen LogP contribution in [0.2, 0.25) is 0 Å². The van der Waals surface area contributed by atoms with Crippen LogP contribution in [0, 0.1) is 18.6 Å². The van der Waals surface area contributed by atoms with Crippen LogP contribution in [0.4, 0.5) is 8.78 Å². The number of hydrogen-bond donors (Lipinski definition) is 0. The van der Waals surface area contributed by atoms with Gasteiger partial charge in [0.25, 0.3) is 0 Å². The van der Waals surface area contributed by atoms with Crippen molar-refractivity contribution in [1.82, 2.24) is 4.98 Å². The zero-order valence-corrected chi connectivity index (χ0v) is 12.6. The van der Waals surface area contributed by atoms with Gasteiger partial charge in [0.05, 0.1) is 5.52 Å². The quantitative estimate of drug-likeness (QED) is 0.579. The molecule has 0 amide bonds. The molecule has 0 unspecified atom stereocenters. The first kappa shape index (κ1) is 13.9. The highest BCUT2D eigenvalue weighted by molar-refractivity contribution is 9.10. The molecule has 0 atom stereocenters. The number of aryl methyl sites for hydroxylation is 1. The van der Waals surface area contributed by atoms with Gasteiger partial charge in [-0.05, 0) is 31.2 Å². The van der Waals surface area contributed by atoms with Crippen LogP contribution >= 0.6 is 15.9 Å². The second kappa shape index (κ2) is 5.41. The molecule has 0 aliphatic carbocycles. The van der Waals surface area contributed by atoms with Gasteiger partial charge in [-0.1, -0.05) is 28.1 Å². The monoisotopic (exact) mass is 349 g/mol. The standard InChI is InChI=1S/C16H10BrF2NO/c1-9-6-14(11-4-2-3-5-13(11)20-9)21-15-8-10(17)7-12(18)16(15)19/h2-8H,1H3. The summed E-state index contributed by atoms with van der Waals surface area (Å²) in [7, 11) is 0. The molecule has 0 fully saturated rings. The molecular formula is C16H10BrF2NO. The summed E-state index contributed by atoms with van der Waals surface area (Å²) in [6, 6.07) is 11.5.